The summed E-state index contributed by atoms with van der Waals surface area (Å²) in [7, 11) is 2.10. The third-order valence-corrected chi connectivity index (χ3v) is 3.75. The molecule has 2 N–H and O–H groups in total. The topological polar surface area (TPSA) is 38.5 Å². The van der Waals surface area contributed by atoms with E-state index in [0.717, 1.165) is 50.3 Å². The van der Waals surface area contributed by atoms with Crippen LogP contribution in [0.25, 0.3) is 0 Å². The highest BCUT2D eigenvalue weighted by Crippen LogP contribution is 2.18. The quantitative estimate of drug-likeness (QED) is 0.862. The van der Waals surface area contributed by atoms with Crippen LogP contribution in [0.15, 0.2) is 18.2 Å². The Hall–Kier alpha value is -1.41. The maximum Gasteiger partial charge on any atom is 0.124 e. The Labute approximate surface area is 126 Å². The Bertz CT molecular complexity index is 515. The second-order valence-corrected chi connectivity index (χ2v) is 5.56. The van der Waals surface area contributed by atoms with Crippen molar-refractivity contribution in [1.29, 1.82) is 0 Å². The lowest BCUT2D eigenvalue weighted by atomic mass is 9.99. The van der Waals surface area contributed by atoms with E-state index >= 15 is 0 Å². The summed E-state index contributed by atoms with van der Waals surface area (Å²) in [6, 6.07) is 4.79. The van der Waals surface area contributed by atoms with Gasteiger partial charge in [0.25, 0.3) is 0 Å². The van der Waals surface area contributed by atoms with Crippen molar-refractivity contribution in [3.05, 3.63) is 35.1 Å². The molecule has 0 aliphatic carbocycles. The van der Waals surface area contributed by atoms with Gasteiger partial charge in [0.15, 0.2) is 0 Å². The monoisotopic (exact) mass is 290 g/mol. The van der Waals surface area contributed by atoms with Gasteiger partial charge in [-0.3, -0.25) is 0 Å². The average molecular weight is 290 g/mol. The molecule has 1 aliphatic heterocycles. The first-order chi connectivity index (χ1) is 10.2. The standard InChI is InChI=1S/C17H23FN2O/c1-20(12-14-6-9-21-10-7-14)13-16-4-5-17(18)11-15(16)3-2-8-19/h4-5,11,14H,6-10,12-13,19H2,1H3. The number of benzene rings is 1. The van der Waals surface area contributed by atoms with Crippen LogP contribution in [-0.4, -0.2) is 38.3 Å². The van der Waals surface area contributed by atoms with Crippen LogP contribution in [-0.2, 0) is 11.3 Å². The summed E-state index contributed by atoms with van der Waals surface area (Å²) in [5.41, 5.74) is 7.18. The van der Waals surface area contributed by atoms with Crippen LogP contribution in [0.1, 0.15) is 24.0 Å². The molecule has 0 bridgehead atoms. The zero-order valence-electron chi connectivity index (χ0n) is 12.6. The molecule has 114 valence electrons. The minimum Gasteiger partial charge on any atom is -0.381 e. The number of nitrogens with two attached hydrogens (primary N) is 1. The van der Waals surface area contributed by atoms with Crippen LogP contribution in [0.5, 0.6) is 0 Å². The van der Waals surface area contributed by atoms with Crippen LogP contribution in [0.3, 0.4) is 0 Å². The van der Waals surface area contributed by atoms with Crippen molar-refractivity contribution in [3.63, 3.8) is 0 Å². The minimum absolute atomic E-state index is 0.257. The molecule has 1 aliphatic rings. The van der Waals surface area contributed by atoms with Gasteiger partial charge < -0.3 is 15.4 Å². The van der Waals surface area contributed by atoms with E-state index in [1.807, 2.05) is 6.07 Å². The van der Waals surface area contributed by atoms with Gasteiger partial charge in [0.2, 0.25) is 0 Å². The number of rotatable bonds is 4. The van der Waals surface area contributed by atoms with Crippen LogP contribution in [0, 0.1) is 23.6 Å². The Morgan fingerprint density at radius 2 is 2.14 bits per heavy atom. The zero-order valence-corrected chi connectivity index (χ0v) is 12.6. The highest BCUT2D eigenvalue weighted by molar-refractivity contribution is 5.41. The predicted octanol–water partition coefficient (Wildman–Crippen LogP) is 1.99. The lowest BCUT2D eigenvalue weighted by Crippen LogP contribution is -2.29. The van der Waals surface area contributed by atoms with Crippen molar-refractivity contribution in [3.8, 4) is 11.8 Å². The molecule has 1 aromatic carbocycles. The van der Waals surface area contributed by atoms with E-state index in [2.05, 4.69) is 23.8 Å². The Morgan fingerprint density at radius 1 is 1.38 bits per heavy atom. The molecule has 0 radical (unpaired) electrons. The molecule has 1 aromatic rings. The van der Waals surface area contributed by atoms with Crippen molar-refractivity contribution < 1.29 is 9.13 Å². The van der Waals surface area contributed by atoms with Crippen LogP contribution >= 0.6 is 0 Å². The molecule has 0 aromatic heterocycles. The van der Waals surface area contributed by atoms with Gasteiger partial charge in [-0.05, 0) is 43.5 Å². The van der Waals surface area contributed by atoms with E-state index < -0.39 is 0 Å². The number of hydrogen-bond donors (Lipinski definition) is 1. The number of nitrogens with zero attached hydrogens (tertiary/aromatic N) is 1. The number of hydrogen-bond acceptors (Lipinski definition) is 3. The first-order valence-corrected chi connectivity index (χ1v) is 7.42. The van der Waals surface area contributed by atoms with E-state index in [-0.39, 0.29) is 12.4 Å². The summed E-state index contributed by atoms with van der Waals surface area (Å²) in [4.78, 5) is 2.27. The molecule has 0 atom stereocenters. The Morgan fingerprint density at radius 3 is 2.86 bits per heavy atom. The molecule has 1 fully saturated rings. The number of halogens is 1. The van der Waals surface area contributed by atoms with Gasteiger partial charge in [-0.15, -0.1) is 0 Å². The van der Waals surface area contributed by atoms with Crippen molar-refractivity contribution in [2.75, 3.05) is 33.4 Å². The van der Waals surface area contributed by atoms with Crippen molar-refractivity contribution in [1.82, 2.24) is 4.90 Å². The zero-order chi connectivity index (χ0) is 15.1. The van der Waals surface area contributed by atoms with Gasteiger partial charge in [-0.1, -0.05) is 17.9 Å². The summed E-state index contributed by atoms with van der Waals surface area (Å²) in [5, 5.41) is 0. The SMILES string of the molecule is CN(Cc1ccc(F)cc1C#CCN)CC1CCOCC1. The van der Waals surface area contributed by atoms with Gasteiger partial charge in [-0.25, -0.2) is 4.39 Å². The van der Waals surface area contributed by atoms with E-state index in [1.54, 1.807) is 0 Å². The van der Waals surface area contributed by atoms with Gasteiger partial charge in [-0.2, -0.15) is 0 Å². The van der Waals surface area contributed by atoms with Crippen LogP contribution in [0.2, 0.25) is 0 Å². The smallest absolute Gasteiger partial charge is 0.124 e. The molecule has 0 amide bonds. The Balaban J connectivity index is 2.00. The molecule has 0 unspecified atom stereocenters. The largest absolute Gasteiger partial charge is 0.381 e. The normalized spacial score (nSPS) is 15.8. The first kappa shape index (κ1) is 16.0. The summed E-state index contributed by atoms with van der Waals surface area (Å²) >= 11 is 0. The summed E-state index contributed by atoms with van der Waals surface area (Å²) in [6.45, 7) is 3.81. The molecular weight excluding hydrogens is 267 g/mol. The molecule has 3 nitrogen and oxygen atoms in total. The molecule has 1 saturated heterocycles. The average Bonchev–Trinajstić information content (AvgIpc) is 2.48. The molecule has 0 spiro atoms. The highest BCUT2D eigenvalue weighted by Gasteiger charge is 2.16. The molecule has 4 heteroatoms. The van der Waals surface area contributed by atoms with Gasteiger partial charge >= 0.3 is 0 Å². The fraction of sp³-hybridized carbons (Fsp3) is 0.529. The van der Waals surface area contributed by atoms with Crippen LogP contribution in [0.4, 0.5) is 4.39 Å². The van der Waals surface area contributed by atoms with Crippen molar-refractivity contribution >= 4 is 0 Å². The first-order valence-electron chi connectivity index (χ1n) is 7.42. The molecule has 0 saturated carbocycles. The van der Waals surface area contributed by atoms with Crippen molar-refractivity contribution in [2.24, 2.45) is 11.7 Å². The van der Waals surface area contributed by atoms with Crippen LogP contribution < -0.4 is 5.73 Å². The predicted molar refractivity (Wildman–Crippen MR) is 82.2 cm³/mol. The number of ether oxygens (including phenoxy) is 1. The molecule has 2 rings (SSSR count). The van der Waals surface area contributed by atoms with Crippen molar-refractivity contribution in [2.45, 2.75) is 19.4 Å². The fourth-order valence-corrected chi connectivity index (χ4v) is 2.67. The maximum atomic E-state index is 13.4. The lowest BCUT2D eigenvalue weighted by Gasteiger charge is -2.27. The highest BCUT2D eigenvalue weighted by atomic mass is 19.1. The summed E-state index contributed by atoms with van der Waals surface area (Å²) in [6.07, 6.45) is 2.24. The summed E-state index contributed by atoms with van der Waals surface area (Å²) in [5.74, 6) is 6.19. The lowest BCUT2D eigenvalue weighted by molar-refractivity contribution is 0.0549. The summed E-state index contributed by atoms with van der Waals surface area (Å²) < 4.78 is 18.7. The van der Waals surface area contributed by atoms with Gasteiger partial charge in [0.05, 0.1) is 6.54 Å². The molecule has 1 heterocycles. The second-order valence-electron chi connectivity index (χ2n) is 5.56. The van der Waals surface area contributed by atoms with E-state index in [0.29, 0.717) is 5.92 Å². The third kappa shape index (κ3) is 5.13. The Kier molecular flexibility index (Phi) is 6.19. The van der Waals surface area contributed by atoms with Gasteiger partial charge in [0.1, 0.15) is 5.82 Å². The van der Waals surface area contributed by atoms with Gasteiger partial charge in [0, 0.05) is 31.9 Å². The third-order valence-electron chi connectivity index (χ3n) is 3.75. The minimum atomic E-state index is -0.257. The second kappa shape index (κ2) is 8.14. The molecule has 21 heavy (non-hydrogen) atoms. The van der Waals surface area contributed by atoms with E-state index in [4.69, 9.17) is 10.5 Å². The molecular formula is C17H23FN2O. The fourth-order valence-electron chi connectivity index (χ4n) is 2.67. The van der Waals surface area contributed by atoms with E-state index in [1.165, 1.54) is 12.1 Å². The van der Waals surface area contributed by atoms with E-state index in [9.17, 15) is 4.39 Å². The maximum absolute atomic E-state index is 13.4.